The molecule has 0 bridgehead atoms. The third kappa shape index (κ3) is 4.32. The molecule has 0 radical (unpaired) electrons. The molecule has 3 nitrogen and oxygen atoms in total. The van der Waals surface area contributed by atoms with Crippen LogP contribution in [-0.4, -0.2) is 18.1 Å². The molecule has 0 aliphatic carbocycles. The fourth-order valence-electron chi connectivity index (χ4n) is 1.95. The summed E-state index contributed by atoms with van der Waals surface area (Å²) in [4.78, 5) is 4.11. The topological polar surface area (TPSA) is 38.1 Å². The van der Waals surface area contributed by atoms with Crippen molar-refractivity contribution in [3.05, 3.63) is 41.9 Å². The Balaban J connectivity index is 2.07. The largest absolute Gasteiger partial charge is 0.441 e. The molecule has 1 aromatic heterocycles. The molecule has 0 aliphatic heterocycles. The lowest BCUT2D eigenvalue weighted by Crippen LogP contribution is -2.14. The SMILES string of the molecule is CCNCCCc1ncc(-c2cccc(C(F)(F)F)c2)o1. The highest BCUT2D eigenvalue weighted by molar-refractivity contribution is 5.57. The van der Waals surface area contributed by atoms with Gasteiger partial charge in [-0.05, 0) is 31.6 Å². The van der Waals surface area contributed by atoms with Gasteiger partial charge in [0.05, 0.1) is 11.8 Å². The molecule has 1 N–H and O–H groups in total. The smallest absolute Gasteiger partial charge is 0.416 e. The first-order valence-electron chi connectivity index (χ1n) is 6.83. The van der Waals surface area contributed by atoms with E-state index in [0.717, 1.165) is 31.6 Å². The first-order chi connectivity index (χ1) is 10.0. The number of benzene rings is 1. The van der Waals surface area contributed by atoms with Crippen LogP contribution in [0, 0.1) is 0 Å². The Bertz CT molecular complexity index is 578. The quantitative estimate of drug-likeness (QED) is 0.822. The molecule has 1 heterocycles. The summed E-state index contributed by atoms with van der Waals surface area (Å²) in [6.45, 7) is 3.79. The summed E-state index contributed by atoms with van der Waals surface area (Å²) in [6.07, 6.45) is -1.36. The van der Waals surface area contributed by atoms with Gasteiger partial charge in [0.25, 0.3) is 0 Å². The van der Waals surface area contributed by atoms with Crippen LogP contribution < -0.4 is 5.32 Å². The molecule has 0 saturated heterocycles. The van der Waals surface area contributed by atoms with Crippen molar-refractivity contribution in [3.8, 4) is 11.3 Å². The maximum atomic E-state index is 12.7. The van der Waals surface area contributed by atoms with Crippen molar-refractivity contribution >= 4 is 0 Å². The van der Waals surface area contributed by atoms with E-state index in [0.29, 0.717) is 23.6 Å². The Hall–Kier alpha value is -1.82. The molecule has 114 valence electrons. The van der Waals surface area contributed by atoms with E-state index < -0.39 is 11.7 Å². The molecular formula is C15H17F3N2O. The van der Waals surface area contributed by atoms with Gasteiger partial charge in [0, 0.05) is 12.0 Å². The fourth-order valence-corrected chi connectivity index (χ4v) is 1.95. The third-order valence-corrected chi connectivity index (χ3v) is 3.02. The predicted molar refractivity (Wildman–Crippen MR) is 73.8 cm³/mol. The first-order valence-corrected chi connectivity index (χ1v) is 6.83. The normalized spacial score (nSPS) is 11.8. The zero-order valence-corrected chi connectivity index (χ0v) is 11.7. The summed E-state index contributed by atoms with van der Waals surface area (Å²) in [5.41, 5.74) is -0.305. The van der Waals surface area contributed by atoms with E-state index in [1.54, 1.807) is 6.07 Å². The van der Waals surface area contributed by atoms with Crippen molar-refractivity contribution in [1.29, 1.82) is 0 Å². The summed E-state index contributed by atoms with van der Waals surface area (Å²) >= 11 is 0. The summed E-state index contributed by atoms with van der Waals surface area (Å²) in [7, 11) is 0. The van der Waals surface area contributed by atoms with Crippen LogP contribution in [0.15, 0.2) is 34.9 Å². The molecule has 0 saturated carbocycles. The summed E-state index contributed by atoms with van der Waals surface area (Å²) < 4.78 is 43.5. The maximum Gasteiger partial charge on any atom is 0.416 e. The van der Waals surface area contributed by atoms with Crippen LogP contribution in [0.3, 0.4) is 0 Å². The Morgan fingerprint density at radius 2 is 2.10 bits per heavy atom. The maximum absolute atomic E-state index is 12.7. The molecule has 0 fully saturated rings. The van der Waals surface area contributed by atoms with Crippen molar-refractivity contribution in [2.45, 2.75) is 25.9 Å². The van der Waals surface area contributed by atoms with Crippen molar-refractivity contribution in [1.82, 2.24) is 10.3 Å². The highest BCUT2D eigenvalue weighted by Crippen LogP contribution is 2.32. The van der Waals surface area contributed by atoms with E-state index in [2.05, 4.69) is 10.3 Å². The molecule has 1 aromatic carbocycles. The molecule has 2 aromatic rings. The molecule has 0 atom stereocenters. The zero-order valence-electron chi connectivity index (χ0n) is 11.7. The number of nitrogens with one attached hydrogen (secondary N) is 1. The van der Waals surface area contributed by atoms with Crippen LogP contribution in [-0.2, 0) is 12.6 Å². The number of aromatic nitrogens is 1. The first kappa shape index (κ1) is 15.6. The molecule has 0 spiro atoms. The Kier molecular flexibility index (Phi) is 5.01. The Labute approximate surface area is 121 Å². The van der Waals surface area contributed by atoms with Gasteiger partial charge < -0.3 is 9.73 Å². The summed E-state index contributed by atoms with van der Waals surface area (Å²) in [5.74, 6) is 0.903. The lowest BCUT2D eigenvalue weighted by Gasteiger charge is -2.07. The summed E-state index contributed by atoms with van der Waals surface area (Å²) in [6, 6.07) is 5.06. The van der Waals surface area contributed by atoms with E-state index in [9.17, 15) is 13.2 Å². The van der Waals surface area contributed by atoms with Gasteiger partial charge >= 0.3 is 6.18 Å². The van der Waals surface area contributed by atoms with Crippen molar-refractivity contribution in [2.24, 2.45) is 0 Å². The van der Waals surface area contributed by atoms with Crippen molar-refractivity contribution in [3.63, 3.8) is 0 Å². The average Bonchev–Trinajstić information content (AvgIpc) is 2.92. The van der Waals surface area contributed by atoms with Gasteiger partial charge in [-0.3, -0.25) is 0 Å². The van der Waals surface area contributed by atoms with E-state index in [1.807, 2.05) is 6.92 Å². The number of alkyl halides is 3. The molecule has 0 amide bonds. The monoisotopic (exact) mass is 298 g/mol. The minimum Gasteiger partial charge on any atom is -0.441 e. The van der Waals surface area contributed by atoms with E-state index in [4.69, 9.17) is 4.42 Å². The van der Waals surface area contributed by atoms with Gasteiger partial charge in [-0.15, -0.1) is 0 Å². The number of hydrogen-bond donors (Lipinski definition) is 1. The lowest BCUT2D eigenvalue weighted by atomic mass is 10.1. The predicted octanol–water partition coefficient (Wildman–Crippen LogP) is 3.90. The molecule has 2 rings (SSSR count). The highest BCUT2D eigenvalue weighted by Gasteiger charge is 2.30. The number of oxazole rings is 1. The van der Waals surface area contributed by atoms with Crippen molar-refractivity contribution in [2.75, 3.05) is 13.1 Å². The Morgan fingerprint density at radius 3 is 2.81 bits per heavy atom. The minimum absolute atomic E-state index is 0.361. The van der Waals surface area contributed by atoms with Gasteiger partial charge in [-0.1, -0.05) is 19.1 Å². The molecule has 6 heteroatoms. The second-order valence-corrected chi connectivity index (χ2v) is 4.65. The highest BCUT2D eigenvalue weighted by atomic mass is 19.4. The second kappa shape index (κ2) is 6.76. The van der Waals surface area contributed by atoms with Crippen LogP contribution in [0.5, 0.6) is 0 Å². The van der Waals surface area contributed by atoms with Crippen LogP contribution in [0.4, 0.5) is 13.2 Å². The van der Waals surface area contributed by atoms with Gasteiger partial charge in [-0.2, -0.15) is 13.2 Å². The number of rotatable bonds is 6. The van der Waals surface area contributed by atoms with Crippen LogP contribution in [0.2, 0.25) is 0 Å². The van der Waals surface area contributed by atoms with Crippen molar-refractivity contribution < 1.29 is 17.6 Å². The molecule has 21 heavy (non-hydrogen) atoms. The summed E-state index contributed by atoms with van der Waals surface area (Å²) in [5, 5.41) is 3.19. The Morgan fingerprint density at radius 1 is 1.29 bits per heavy atom. The number of aryl methyl sites for hydroxylation is 1. The zero-order chi connectivity index (χ0) is 15.3. The number of halogens is 3. The minimum atomic E-state index is -4.36. The fraction of sp³-hybridized carbons (Fsp3) is 0.400. The molecule has 0 unspecified atom stereocenters. The molecular weight excluding hydrogens is 281 g/mol. The standard InChI is InChI=1S/C15H17F3N2O/c1-2-19-8-4-7-14-20-10-13(21-14)11-5-3-6-12(9-11)15(16,17)18/h3,5-6,9-10,19H,2,4,7-8H2,1H3. The lowest BCUT2D eigenvalue weighted by molar-refractivity contribution is -0.137. The van der Waals surface area contributed by atoms with E-state index in [-0.39, 0.29) is 0 Å². The molecule has 0 aliphatic rings. The average molecular weight is 298 g/mol. The van der Waals surface area contributed by atoms with Gasteiger partial charge in [0.15, 0.2) is 11.7 Å². The van der Waals surface area contributed by atoms with Crippen LogP contribution in [0.1, 0.15) is 24.8 Å². The number of hydrogen-bond acceptors (Lipinski definition) is 3. The van der Waals surface area contributed by atoms with E-state index in [1.165, 1.54) is 12.3 Å². The van der Waals surface area contributed by atoms with Crippen LogP contribution >= 0.6 is 0 Å². The van der Waals surface area contributed by atoms with Gasteiger partial charge in [0.1, 0.15) is 0 Å². The second-order valence-electron chi connectivity index (χ2n) is 4.65. The van der Waals surface area contributed by atoms with Crippen LogP contribution in [0.25, 0.3) is 11.3 Å². The van der Waals surface area contributed by atoms with Gasteiger partial charge in [-0.25, -0.2) is 4.98 Å². The van der Waals surface area contributed by atoms with E-state index >= 15 is 0 Å². The van der Waals surface area contributed by atoms with Gasteiger partial charge in [0.2, 0.25) is 0 Å². The third-order valence-electron chi connectivity index (χ3n) is 3.02. The number of nitrogens with zero attached hydrogens (tertiary/aromatic N) is 1.